The molecule has 0 atom stereocenters. The molecule has 1 aliphatic rings. The molecule has 0 spiro atoms. The molecule has 0 unspecified atom stereocenters. The molecule has 172 valence electrons. The largest absolute Gasteiger partial charge is 2.00 e. The molecule has 0 nitrogen and oxygen atoms in total. The van der Waals surface area contributed by atoms with Crippen LogP contribution < -0.4 is 17.0 Å². The van der Waals surface area contributed by atoms with Gasteiger partial charge < -0.3 is 17.0 Å². The molecule has 1 aliphatic carbocycles. The van der Waals surface area contributed by atoms with Crippen molar-refractivity contribution < 1.29 is 17.0 Å². The molecule has 0 heterocycles. The molecule has 0 saturated heterocycles. The molecule has 0 saturated carbocycles. The number of unbranched alkanes of at least 4 members (excludes halogenated alkanes) is 10. The first kappa shape index (κ1) is 30.2. The maximum absolute atomic E-state index is 3.77. The fourth-order valence-electron chi connectivity index (χ4n) is 5.43. The monoisotopic (exact) mass is 570 g/mol. The molecule has 3 rings (SSSR count). The van der Waals surface area contributed by atoms with Gasteiger partial charge in [-0.25, -0.2) is 0 Å². The molecule has 3 heteroatoms. The van der Waals surface area contributed by atoms with Gasteiger partial charge in [-0.2, -0.15) is 24.3 Å². The minimum atomic E-state index is 0. The van der Waals surface area contributed by atoms with Crippen molar-refractivity contribution in [1.29, 1.82) is 0 Å². The Balaban J connectivity index is 0.00000256. The van der Waals surface area contributed by atoms with Crippen LogP contribution in [0, 0.1) is 6.07 Å². The second-order valence-corrected chi connectivity index (χ2v) is 10.2. The summed E-state index contributed by atoms with van der Waals surface area (Å²) in [4.78, 5) is 0. The fourth-order valence-corrected chi connectivity index (χ4v) is 5.79. The summed E-state index contributed by atoms with van der Waals surface area (Å²) in [5.41, 5.74) is 6.20. The van der Waals surface area contributed by atoms with E-state index >= 15 is 0 Å². The van der Waals surface area contributed by atoms with Crippen molar-refractivity contribution in [2.75, 3.05) is 0 Å². The Hall–Kier alpha value is 0.166. The molecule has 0 fully saturated rings. The second-order valence-electron chi connectivity index (χ2n) is 9.28. The normalized spacial score (nSPS) is 13.1. The van der Waals surface area contributed by atoms with Crippen molar-refractivity contribution in [3.05, 3.63) is 58.1 Å². The van der Waals surface area contributed by atoms with Gasteiger partial charge in [0.25, 0.3) is 0 Å². The summed E-state index contributed by atoms with van der Waals surface area (Å²) in [5.74, 6) is 0. The van der Waals surface area contributed by atoms with Crippen LogP contribution in [0.2, 0.25) is 0 Å². The third kappa shape index (κ3) is 7.58. The van der Waals surface area contributed by atoms with Crippen LogP contribution in [0.1, 0.15) is 115 Å². The molecule has 2 aromatic rings. The molecule has 0 aliphatic heterocycles. The van der Waals surface area contributed by atoms with Crippen molar-refractivity contribution in [1.82, 2.24) is 0 Å². The van der Waals surface area contributed by atoms with Gasteiger partial charge in [0.1, 0.15) is 0 Å². The Morgan fingerprint density at radius 2 is 1.25 bits per heavy atom. The van der Waals surface area contributed by atoms with Crippen molar-refractivity contribution in [3.8, 4) is 11.1 Å². The first-order chi connectivity index (χ1) is 14.7. The van der Waals surface area contributed by atoms with E-state index in [1.807, 2.05) is 0 Å². The van der Waals surface area contributed by atoms with Gasteiger partial charge in [0.2, 0.25) is 0 Å². The van der Waals surface area contributed by atoms with E-state index in [0.717, 1.165) is 0 Å². The van der Waals surface area contributed by atoms with Gasteiger partial charge in [-0.05, 0) is 28.7 Å². The Labute approximate surface area is 232 Å². The number of fused-ring (bicyclic) bond motifs is 3. The number of halogens is 2. The molecule has 0 amide bonds. The van der Waals surface area contributed by atoms with Crippen LogP contribution in [0.25, 0.3) is 11.1 Å². The summed E-state index contributed by atoms with van der Waals surface area (Å²) in [7, 11) is 0. The van der Waals surface area contributed by atoms with Crippen LogP contribution in [0.15, 0.2) is 40.9 Å². The molecular weight excluding hydrogens is 532 g/mol. The van der Waals surface area contributed by atoms with Crippen LogP contribution in [-0.4, -0.2) is 23.1 Å². The zero-order chi connectivity index (χ0) is 21.2. The zero-order valence-electron chi connectivity index (χ0n) is 20.3. The Kier molecular flexibility index (Phi) is 15.1. The summed E-state index contributed by atoms with van der Waals surface area (Å²) in [6, 6.07) is 17.1. The van der Waals surface area contributed by atoms with Crippen LogP contribution in [0.3, 0.4) is 0 Å². The predicted octanol–water partition coefficient (Wildman–Crippen LogP) is 6.64. The SMILES string of the molecule is CCCCCCCCC1(CCCCCCCC)c2c[c-]ccc2-c2ccc(Br)cc21.[Br-].[Mg+2]. The fraction of sp³-hybridized carbons (Fsp3) is 0.586. The van der Waals surface area contributed by atoms with Gasteiger partial charge in [-0.1, -0.05) is 126 Å². The second kappa shape index (κ2) is 16.0. The number of benzene rings is 2. The van der Waals surface area contributed by atoms with Crippen molar-refractivity contribution in [2.45, 2.75) is 109 Å². The number of rotatable bonds is 14. The van der Waals surface area contributed by atoms with Gasteiger partial charge in [-0.3, -0.25) is 0 Å². The van der Waals surface area contributed by atoms with Crippen molar-refractivity contribution >= 4 is 39.0 Å². The maximum Gasteiger partial charge on any atom is 2.00 e. The topological polar surface area (TPSA) is 0 Å². The van der Waals surface area contributed by atoms with Crippen molar-refractivity contribution in [3.63, 3.8) is 0 Å². The first-order valence-electron chi connectivity index (χ1n) is 12.5. The van der Waals surface area contributed by atoms with Crippen molar-refractivity contribution in [2.24, 2.45) is 0 Å². The third-order valence-electron chi connectivity index (χ3n) is 7.08. The molecule has 32 heavy (non-hydrogen) atoms. The minimum absolute atomic E-state index is 0. The van der Waals surface area contributed by atoms with Gasteiger partial charge in [-0.15, -0.1) is 11.1 Å². The van der Waals surface area contributed by atoms with E-state index in [9.17, 15) is 0 Å². The summed E-state index contributed by atoms with van der Waals surface area (Å²) in [6.07, 6.45) is 19.0. The molecule has 0 aromatic heterocycles. The summed E-state index contributed by atoms with van der Waals surface area (Å²) >= 11 is 3.77. The van der Waals surface area contributed by atoms with Gasteiger partial charge >= 0.3 is 23.1 Å². The first-order valence-corrected chi connectivity index (χ1v) is 13.3. The van der Waals surface area contributed by atoms with E-state index in [2.05, 4.69) is 72.2 Å². The van der Waals surface area contributed by atoms with Crippen LogP contribution >= 0.6 is 15.9 Å². The van der Waals surface area contributed by atoms with E-state index in [1.54, 1.807) is 11.1 Å². The van der Waals surface area contributed by atoms with E-state index in [4.69, 9.17) is 0 Å². The average molecular weight is 573 g/mol. The Morgan fingerprint density at radius 1 is 0.719 bits per heavy atom. The van der Waals surface area contributed by atoms with E-state index in [0.29, 0.717) is 0 Å². The van der Waals surface area contributed by atoms with Crippen LogP contribution in [0.5, 0.6) is 0 Å². The standard InChI is InChI=1S/C29H40Br.BrH.Mg/c1-3-5-7-9-11-15-21-29(22-16-12-10-8-6-4-2)27-18-14-13-17-25(27)26-20-19-24(30)23-28(26)29;;/h13,17-20,23H,3-12,15-16,21-22H2,1-2H3;1H;/q-1;;+2/p-1. The summed E-state index contributed by atoms with van der Waals surface area (Å²) in [6.45, 7) is 4.60. The minimum Gasteiger partial charge on any atom is -1.00 e. The smallest absolute Gasteiger partial charge is 1.00 e. The average Bonchev–Trinajstić information content (AvgIpc) is 3.03. The quantitative estimate of drug-likeness (QED) is 0.135. The zero-order valence-corrected chi connectivity index (χ0v) is 24.9. The van der Waals surface area contributed by atoms with Gasteiger partial charge in [0.15, 0.2) is 0 Å². The van der Waals surface area contributed by atoms with E-state index in [1.165, 1.54) is 105 Å². The maximum atomic E-state index is 3.77. The van der Waals surface area contributed by atoms with Crippen LogP contribution in [0.4, 0.5) is 0 Å². The van der Waals surface area contributed by atoms with Crippen LogP contribution in [-0.2, 0) is 5.41 Å². The van der Waals surface area contributed by atoms with E-state index < -0.39 is 0 Å². The van der Waals surface area contributed by atoms with Gasteiger partial charge in [0, 0.05) is 4.47 Å². The molecule has 0 radical (unpaired) electrons. The van der Waals surface area contributed by atoms with E-state index in [-0.39, 0.29) is 45.4 Å². The number of hydrogen-bond acceptors (Lipinski definition) is 0. The Bertz CT molecular complexity index is 770. The Morgan fingerprint density at radius 3 is 1.84 bits per heavy atom. The molecule has 0 bridgehead atoms. The third-order valence-corrected chi connectivity index (χ3v) is 7.57. The predicted molar refractivity (Wildman–Crippen MR) is 141 cm³/mol. The summed E-state index contributed by atoms with van der Waals surface area (Å²) in [5, 5.41) is 0. The molecular formula is C29H40Br2Mg. The molecule has 2 aromatic carbocycles. The van der Waals surface area contributed by atoms with Gasteiger partial charge in [0.05, 0.1) is 0 Å². The number of hydrogen-bond donors (Lipinski definition) is 0. The molecule has 0 N–H and O–H groups in total. The summed E-state index contributed by atoms with van der Waals surface area (Å²) < 4.78 is 1.22.